The summed E-state index contributed by atoms with van der Waals surface area (Å²) in [6, 6.07) is 0.340. The Morgan fingerprint density at radius 1 is 1.25 bits per heavy atom. The van der Waals surface area contributed by atoms with E-state index >= 15 is 0 Å². The van der Waals surface area contributed by atoms with Gasteiger partial charge in [-0.15, -0.1) is 0 Å². The molecule has 1 rings (SSSR count). The summed E-state index contributed by atoms with van der Waals surface area (Å²) in [5.41, 5.74) is 0. The van der Waals surface area contributed by atoms with Crippen LogP contribution in [0.15, 0.2) is 0 Å². The minimum absolute atomic E-state index is 0.170. The second kappa shape index (κ2) is 5.98. The Morgan fingerprint density at radius 2 is 1.81 bits per heavy atom. The minimum Gasteiger partial charge on any atom is -0.320 e. The van der Waals surface area contributed by atoms with Gasteiger partial charge in [-0.3, -0.25) is 0 Å². The molecule has 0 aromatic heterocycles. The van der Waals surface area contributed by atoms with Gasteiger partial charge in [0.2, 0.25) is 10.0 Å². The van der Waals surface area contributed by atoms with Crippen LogP contribution in [0, 0.1) is 0 Å². The third kappa shape index (κ3) is 3.43. The molecule has 0 amide bonds. The molecule has 0 aromatic carbocycles. The first-order valence-corrected chi connectivity index (χ1v) is 7.75. The predicted molar refractivity (Wildman–Crippen MR) is 66.9 cm³/mol. The van der Waals surface area contributed by atoms with E-state index in [1.54, 1.807) is 4.31 Å². The molecule has 96 valence electrons. The largest absolute Gasteiger partial charge is 0.320 e. The standard InChI is InChI=1S/C11H24N2O2S/c1-10-6-4-7-11(2)13(10)16(14,15)9-5-8-12-3/h10-12H,4-9H2,1-3H3/t10-,11+. The lowest BCUT2D eigenvalue weighted by Crippen LogP contribution is -2.48. The zero-order valence-electron chi connectivity index (χ0n) is 10.6. The van der Waals surface area contributed by atoms with Crippen molar-refractivity contribution in [2.45, 2.75) is 51.6 Å². The van der Waals surface area contributed by atoms with Crippen molar-refractivity contribution in [1.29, 1.82) is 0 Å². The van der Waals surface area contributed by atoms with Crippen molar-refractivity contribution < 1.29 is 8.42 Å². The van der Waals surface area contributed by atoms with Crippen LogP contribution in [0.1, 0.15) is 39.5 Å². The number of sulfonamides is 1. The van der Waals surface area contributed by atoms with Gasteiger partial charge in [-0.05, 0) is 46.7 Å². The quantitative estimate of drug-likeness (QED) is 0.744. The molecule has 0 aromatic rings. The summed E-state index contributed by atoms with van der Waals surface area (Å²) in [6.07, 6.45) is 3.82. The molecule has 2 atom stereocenters. The van der Waals surface area contributed by atoms with Gasteiger partial charge < -0.3 is 5.32 Å². The number of rotatable bonds is 5. The monoisotopic (exact) mass is 248 g/mol. The fourth-order valence-electron chi connectivity index (χ4n) is 2.48. The highest BCUT2D eigenvalue weighted by molar-refractivity contribution is 7.89. The maximum absolute atomic E-state index is 12.2. The normalized spacial score (nSPS) is 28.2. The van der Waals surface area contributed by atoms with E-state index < -0.39 is 10.0 Å². The maximum Gasteiger partial charge on any atom is 0.214 e. The first kappa shape index (κ1) is 13.9. The molecule has 16 heavy (non-hydrogen) atoms. The van der Waals surface area contributed by atoms with Crippen LogP contribution >= 0.6 is 0 Å². The lowest BCUT2D eigenvalue weighted by Gasteiger charge is -2.37. The Hall–Kier alpha value is -0.130. The van der Waals surface area contributed by atoms with Crippen molar-refractivity contribution in [1.82, 2.24) is 9.62 Å². The van der Waals surface area contributed by atoms with E-state index in [0.717, 1.165) is 25.8 Å². The Bertz CT molecular complexity index is 293. The molecule has 0 aliphatic carbocycles. The molecule has 4 nitrogen and oxygen atoms in total. The molecule has 0 saturated carbocycles. The second-order valence-corrected chi connectivity index (χ2v) is 6.73. The Balaban J connectivity index is 2.64. The first-order valence-electron chi connectivity index (χ1n) is 6.15. The fraction of sp³-hybridized carbons (Fsp3) is 1.00. The van der Waals surface area contributed by atoms with Crippen LogP contribution in [0.25, 0.3) is 0 Å². The molecule has 0 bridgehead atoms. The summed E-state index contributed by atoms with van der Waals surface area (Å²) < 4.78 is 26.1. The Morgan fingerprint density at radius 3 is 2.31 bits per heavy atom. The van der Waals surface area contributed by atoms with Gasteiger partial charge in [0.05, 0.1) is 5.75 Å². The molecular weight excluding hydrogens is 224 g/mol. The van der Waals surface area contributed by atoms with Gasteiger partial charge in [0, 0.05) is 12.1 Å². The topological polar surface area (TPSA) is 49.4 Å². The van der Waals surface area contributed by atoms with E-state index in [4.69, 9.17) is 0 Å². The number of nitrogens with one attached hydrogen (secondary N) is 1. The molecule has 1 fully saturated rings. The van der Waals surface area contributed by atoms with Crippen molar-refractivity contribution in [3.8, 4) is 0 Å². The van der Waals surface area contributed by atoms with Gasteiger partial charge in [-0.1, -0.05) is 6.42 Å². The van der Waals surface area contributed by atoms with Crippen LogP contribution in [0.3, 0.4) is 0 Å². The Kier molecular flexibility index (Phi) is 5.21. The van der Waals surface area contributed by atoms with Crippen molar-refractivity contribution in [3.63, 3.8) is 0 Å². The second-order valence-electron chi connectivity index (χ2n) is 4.73. The summed E-state index contributed by atoms with van der Waals surface area (Å²) in [7, 11) is -1.21. The van der Waals surface area contributed by atoms with Gasteiger partial charge >= 0.3 is 0 Å². The summed E-state index contributed by atoms with van der Waals surface area (Å²) in [5.74, 6) is 0.266. The van der Waals surface area contributed by atoms with E-state index in [0.29, 0.717) is 6.42 Å². The molecule has 1 N–H and O–H groups in total. The molecule has 0 spiro atoms. The molecule has 0 radical (unpaired) electrons. The summed E-state index contributed by atoms with van der Waals surface area (Å²) >= 11 is 0. The first-order chi connectivity index (χ1) is 7.49. The maximum atomic E-state index is 12.2. The summed E-state index contributed by atoms with van der Waals surface area (Å²) in [5, 5.41) is 2.98. The molecule has 1 aliphatic heterocycles. The minimum atomic E-state index is -3.06. The number of hydrogen-bond acceptors (Lipinski definition) is 3. The van der Waals surface area contributed by atoms with Crippen LogP contribution in [-0.2, 0) is 10.0 Å². The lowest BCUT2D eigenvalue weighted by molar-refractivity contribution is 0.204. The zero-order chi connectivity index (χ0) is 12.2. The van der Waals surface area contributed by atoms with Gasteiger partial charge in [0.15, 0.2) is 0 Å². The van der Waals surface area contributed by atoms with Crippen LogP contribution in [0.4, 0.5) is 0 Å². The van der Waals surface area contributed by atoms with Gasteiger partial charge in [0.25, 0.3) is 0 Å². The third-order valence-corrected chi connectivity index (χ3v) is 5.43. The molecule has 1 aliphatic rings. The Labute approximate surface area is 99.5 Å². The smallest absolute Gasteiger partial charge is 0.214 e. The molecule has 5 heteroatoms. The molecular formula is C11H24N2O2S. The van der Waals surface area contributed by atoms with Crippen molar-refractivity contribution in [2.75, 3.05) is 19.3 Å². The molecule has 1 saturated heterocycles. The van der Waals surface area contributed by atoms with Crippen LogP contribution in [-0.4, -0.2) is 44.2 Å². The van der Waals surface area contributed by atoms with E-state index in [-0.39, 0.29) is 17.8 Å². The van der Waals surface area contributed by atoms with E-state index in [1.165, 1.54) is 0 Å². The van der Waals surface area contributed by atoms with E-state index in [1.807, 2.05) is 20.9 Å². The summed E-state index contributed by atoms with van der Waals surface area (Å²) in [6.45, 7) is 4.80. The lowest BCUT2D eigenvalue weighted by atomic mass is 10.0. The van der Waals surface area contributed by atoms with Crippen LogP contribution in [0.2, 0.25) is 0 Å². The van der Waals surface area contributed by atoms with E-state index in [2.05, 4.69) is 5.32 Å². The van der Waals surface area contributed by atoms with Gasteiger partial charge in [-0.2, -0.15) is 4.31 Å². The van der Waals surface area contributed by atoms with Crippen LogP contribution in [0.5, 0.6) is 0 Å². The van der Waals surface area contributed by atoms with Crippen molar-refractivity contribution in [3.05, 3.63) is 0 Å². The number of nitrogens with zero attached hydrogens (tertiary/aromatic N) is 1. The highest BCUT2D eigenvalue weighted by Crippen LogP contribution is 2.25. The number of hydrogen-bond donors (Lipinski definition) is 1. The van der Waals surface area contributed by atoms with Gasteiger partial charge in [0.1, 0.15) is 0 Å². The SMILES string of the molecule is CNCCCS(=O)(=O)N1[C@H](C)CCC[C@@H]1C. The average molecular weight is 248 g/mol. The van der Waals surface area contributed by atoms with E-state index in [9.17, 15) is 8.42 Å². The zero-order valence-corrected chi connectivity index (χ0v) is 11.4. The number of piperidine rings is 1. The fourth-order valence-corrected chi connectivity index (χ4v) is 4.51. The van der Waals surface area contributed by atoms with Crippen LogP contribution < -0.4 is 5.32 Å². The average Bonchev–Trinajstić information content (AvgIpc) is 2.17. The van der Waals surface area contributed by atoms with Crippen molar-refractivity contribution in [2.24, 2.45) is 0 Å². The predicted octanol–water partition coefficient (Wildman–Crippen LogP) is 1.19. The third-order valence-electron chi connectivity index (χ3n) is 3.26. The van der Waals surface area contributed by atoms with Gasteiger partial charge in [-0.25, -0.2) is 8.42 Å². The van der Waals surface area contributed by atoms with Crippen molar-refractivity contribution >= 4 is 10.0 Å². The molecule has 0 unspecified atom stereocenters. The molecule has 1 heterocycles. The summed E-state index contributed by atoms with van der Waals surface area (Å²) in [4.78, 5) is 0. The highest BCUT2D eigenvalue weighted by atomic mass is 32.2. The highest BCUT2D eigenvalue weighted by Gasteiger charge is 2.33.